The van der Waals surface area contributed by atoms with Crippen molar-refractivity contribution in [2.24, 2.45) is 5.10 Å². The molecule has 0 saturated carbocycles. The van der Waals surface area contributed by atoms with Crippen molar-refractivity contribution < 1.29 is 14.3 Å². The van der Waals surface area contributed by atoms with E-state index < -0.39 is 11.8 Å². The van der Waals surface area contributed by atoms with E-state index in [0.717, 1.165) is 5.01 Å². The van der Waals surface area contributed by atoms with Gasteiger partial charge in [-0.25, -0.2) is 0 Å². The monoisotopic (exact) mass is 380 g/mol. The maximum Gasteiger partial charge on any atom is 0.283 e. The third-order valence-corrected chi connectivity index (χ3v) is 4.14. The Hall–Kier alpha value is -3.18. The highest BCUT2D eigenvalue weighted by Gasteiger charge is 2.33. The molecule has 0 fully saturated rings. The van der Waals surface area contributed by atoms with Crippen LogP contribution in [0.4, 0.5) is 0 Å². The normalized spacial score (nSPS) is 15.0. The molecular formula is C21H17ClN2O3. The molecule has 5 nitrogen and oxygen atoms in total. The van der Waals surface area contributed by atoms with Crippen LogP contribution in [0.25, 0.3) is 6.08 Å². The van der Waals surface area contributed by atoms with Gasteiger partial charge in [0.2, 0.25) is 0 Å². The molecule has 0 N–H and O–H groups in total. The minimum atomic E-state index is -0.490. The zero-order valence-electron chi connectivity index (χ0n) is 14.7. The van der Waals surface area contributed by atoms with Crippen LogP contribution in [-0.4, -0.2) is 29.1 Å². The van der Waals surface area contributed by atoms with Crippen LogP contribution < -0.4 is 4.74 Å². The molecular weight excluding hydrogens is 364 g/mol. The minimum absolute atomic E-state index is 0.310. The summed E-state index contributed by atoms with van der Waals surface area (Å²) in [6.07, 6.45) is 3.25. The molecule has 136 valence electrons. The lowest BCUT2D eigenvalue weighted by atomic mass is 10.1. The first-order valence-corrected chi connectivity index (χ1v) is 8.63. The van der Waals surface area contributed by atoms with Crippen LogP contribution in [0.2, 0.25) is 5.02 Å². The van der Waals surface area contributed by atoms with Crippen LogP contribution in [0.15, 0.2) is 71.9 Å². The van der Waals surface area contributed by atoms with E-state index in [2.05, 4.69) is 11.7 Å². The number of benzene rings is 2. The maximum absolute atomic E-state index is 12.8. The molecule has 1 aliphatic heterocycles. The summed E-state index contributed by atoms with van der Waals surface area (Å²) in [4.78, 5) is 25.4. The molecule has 0 radical (unpaired) electrons. The lowest BCUT2D eigenvalue weighted by molar-refractivity contribution is -0.123. The number of hydrazone groups is 1. The first-order chi connectivity index (χ1) is 13.0. The van der Waals surface area contributed by atoms with Gasteiger partial charge in [0, 0.05) is 16.1 Å². The number of imide groups is 1. The molecule has 0 bridgehead atoms. The predicted octanol–water partition coefficient (Wildman–Crippen LogP) is 4.35. The fourth-order valence-corrected chi connectivity index (χ4v) is 2.77. The van der Waals surface area contributed by atoms with Crippen molar-refractivity contribution in [1.82, 2.24) is 5.01 Å². The molecule has 2 aromatic carbocycles. The van der Waals surface area contributed by atoms with E-state index in [1.807, 2.05) is 0 Å². The highest BCUT2D eigenvalue weighted by Crippen LogP contribution is 2.28. The summed E-state index contributed by atoms with van der Waals surface area (Å²) in [5, 5.41) is 5.52. The number of nitrogens with zero attached hydrogens (tertiary/aromatic N) is 2. The van der Waals surface area contributed by atoms with Gasteiger partial charge in [-0.1, -0.05) is 42.5 Å². The van der Waals surface area contributed by atoms with Crippen molar-refractivity contribution >= 4 is 35.2 Å². The number of ether oxygens (including phenoxy) is 1. The summed E-state index contributed by atoms with van der Waals surface area (Å²) in [5.41, 5.74) is 1.77. The van der Waals surface area contributed by atoms with E-state index >= 15 is 0 Å². The van der Waals surface area contributed by atoms with E-state index in [4.69, 9.17) is 16.3 Å². The number of hydrogen-bond donors (Lipinski definition) is 0. The molecule has 0 spiro atoms. The highest BCUT2D eigenvalue weighted by atomic mass is 35.5. The van der Waals surface area contributed by atoms with E-state index in [0.29, 0.717) is 39.8 Å². The molecule has 0 aromatic heterocycles. The fraction of sp³-hybridized carbons (Fsp3) is 0.0952. The van der Waals surface area contributed by atoms with Gasteiger partial charge in [0.1, 0.15) is 12.4 Å². The lowest BCUT2D eigenvalue weighted by Crippen LogP contribution is -2.29. The van der Waals surface area contributed by atoms with E-state index in [1.54, 1.807) is 67.6 Å². The Kier molecular flexibility index (Phi) is 5.52. The van der Waals surface area contributed by atoms with Gasteiger partial charge >= 0.3 is 0 Å². The van der Waals surface area contributed by atoms with E-state index in [-0.39, 0.29) is 0 Å². The molecule has 2 aromatic rings. The Morgan fingerprint density at radius 1 is 1.26 bits per heavy atom. The second kappa shape index (κ2) is 8.01. The van der Waals surface area contributed by atoms with Gasteiger partial charge in [-0.2, -0.15) is 10.1 Å². The second-order valence-corrected chi connectivity index (χ2v) is 6.25. The average Bonchev–Trinajstić information content (AvgIpc) is 2.96. The third kappa shape index (κ3) is 3.99. The summed E-state index contributed by atoms with van der Waals surface area (Å²) in [6, 6.07) is 13.6. The van der Waals surface area contributed by atoms with Crippen molar-refractivity contribution in [2.75, 3.05) is 6.61 Å². The van der Waals surface area contributed by atoms with Crippen LogP contribution in [0.3, 0.4) is 0 Å². The number of carbonyl (C=O) groups is 2. The molecule has 27 heavy (non-hydrogen) atoms. The average molecular weight is 381 g/mol. The number of carbonyl (C=O) groups excluding carboxylic acids is 2. The maximum atomic E-state index is 12.8. The van der Waals surface area contributed by atoms with Crippen LogP contribution in [0.5, 0.6) is 5.75 Å². The quantitative estimate of drug-likeness (QED) is 0.440. The van der Waals surface area contributed by atoms with Crippen molar-refractivity contribution in [3.05, 3.63) is 82.9 Å². The zero-order valence-corrected chi connectivity index (χ0v) is 15.4. The SMILES string of the molecule is C=CCOc1ccc(Cl)cc1/C=C1/C(=O)N(C(=O)c2ccccc2)N=C1C. The molecule has 0 aliphatic carbocycles. The van der Waals surface area contributed by atoms with Crippen LogP contribution >= 0.6 is 11.6 Å². The molecule has 3 rings (SSSR count). The first kappa shape index (κ1) is 18.6. The van der Waals surface area contributed by atoms with Crippen LogP contribution in [-0.2, 0) is 4.79 Å². The van der Waals surface area contributed by atoms with Crippen molar-refractivity contribution in [3.63, 3.8) is 0 Å². The Bertz CT molecular complexity index is 965. The van der Waals surface area contributed by atoms with Gasteiger partial charge in [0.15, 0.2) is 0 Å². The second-order valence-electron chi connectivity index (χ2n) is 5.81. The Balaban J connectivity index is 1.94. The molecule has 0 saturated heterocycles. The molecule has 2 amide bonds. The molecule has 1 heterocycles. The number of hydrogen-bond acceptors (Lipinski definition) is 4. The molecule has 0 atom stereocenters. The van der Waals surface area contributed by atoms with Gasteiger partial charge in [0.05, 0.1) is 11.3 Å². The van der Waals surface area contributed by atoms with Gasteiger partial charge in [-0.15, -0.1) is 0 Å². The molecule has 1 aliphatic rings. The third-order valence-electron chi connectivity index (χ3n) is 3.90. The van der Waals surface area contributed by atoms with Gasteiger partial charge in [-0.3, -0.25) is 9.59 Å². The summed E-state index contributed by atoms with van der Waals surface area (Å²) >= 11 is 6.08. The minimum Gasteiger partial charge on any atom is -0.489 e. The standard InChI is InChI=1S/C21H17ClN2O3/c1-3-11-27-19-10-9-17(22)12-16(19)13-18-14(2)23-24(21(18)26)20(25)15-7-5-4-6-8-15/h3-10,12-13H,1,11H2,2H3/b18-13+. The van der Waals surface area contributed by atoms with E-state index in [9.17, 15) is 9.59 Å². The summed E-state index contributed by atoms with van der Waals surface area (Å²) in [5.74, 6) is -0.409. The highest BCUT2D eigenvalue weighted by molar-refractivity contribution is 6.32. The van der Waals surface area contributed by atoms with Crippen molar-refractivity contribution in [1.29, 1.82) is 0 Å². The number of rotatable bonds is 5. The van der Waals surface area contributed by atoms with Crippen LogP contribution in [0, 0.1) is 0 Å². The van der Waals surface area contributed by atoms with Crippen molar-refractivity contribution in [2.45, 2.75) is 6.92 Å². The predicted molar refractivity (Wildman–Crippen MR) is 106 cm³/mol. The summed E-state index contributed by atoms with van der Waals surface area (Å²) in [7, 11) is 0. The molecule has 6 heteroatoms. The summed E-state index contributed by atoms with van der Waals surface area (Å²) < 4.78 is 5.61. The van der Waals surface area contributed by atoms with Crippen LogP contribution in [0.1, 0.15) is 22.8 Å². The van der Waals surface area contributed by atoms with Crippen molar-refractivity contribution in [3.8, 4) is 5.75 Å². The smallest absolute Gasteiger partial charge is 0.283 e. The first-order valence-electron chi connectivity index (χ1n) is 8.25. The zero-order chi connectivity index (χ0) is 19.4. The topological polar surface area (TPSA) is 59.0 Å². The number of halogens is 1. The lowest BCUT2D eigenvalue weighted by Gasteiger charge is -2.10. The summed E-state index contributed by atoms with van der Waals surface area (Å²) in [6.45, 7) is 5.62. The Morgan fingerprint density at radius 3 is 2.70 bits per heavy atom. The van der Waals surface area contributed by atoms with Gasteiger partial charge < -0.3 is 4.74 Å². The van der Waals surface area contributed by atoms with E-state index in [1.165, 1.54) is 0 Å². The van der Waals surface area contributed by atoms with Gasteiger partial charge in [-0.05, 0) is 43.3 Å². The number of amides is 2. The fourth-order valence-electron chi connectivity index (χ4n) is 2.59. The van der Waals surface area contributed by atoms with Gasteiger partial charge in [0.25, 0.3) is 11.8 Å². The molecule has 0 unspecified atom stereocenters. The Labute approximate surface area is 162 Å². The largest absolute Gasteiger partial charge is 0.489 e. The Morgan fingerprint density at radius 2 is 2.00 bits per heavy atom.